The average molecular weight is 189 g/mol. The fraction of sp³-hybridized carbons (Fsp3) is 1.00. The predicted octanol–water partition coefficient (Wildman–Crippen LogP) is -0.814. The maximum absolute atomic E-state index is 9.25. The Bertz CT molecular complexity index is 143. The molecule has 2 atom stereocenters. The topological polar surface area (TPSA) is 63.9 Å². The molecule has 1 aliphatic heterocycles. The molecule has 0 unspecified atom stereocenters. The van der Waals surface area contributed by atoms with Crippen LogP contribution in [0.4, 0.5) is 0 Å². The minimum atomic E-state index is -0.674. The SMILES string of the molecule is OC[C@H](O)CN1CCCC[C@@H]1CO. The largest absolute Gasteiger partial charge is 0.395 e. The second-order valence-electron chi connectivity index (χ2n) is 3.66. The van der Waals surface area contributed by atoms with Crippen molar-refractivity contribution >= 4 is 0 Å². The highest BCUT2D eigenvalue weighted by molar-refractivity contribution is 4.77. The normalized spacial score (nSPS) is 27.5. The third-order valence-electron chi connectivity index (χ3n) is 2.62. The van der Waals surface area contributed by atoms with Gasteiger partial charge in [-0.05, 0) is 19.4 Å². The molecule has 0 aromatic heterocycles. The second kappa shape index (κ2) is 5.54. The Hall–Kier alpha value is -0.160. The van der Waals surface area contributed by atoms with Gasteiger partial charge in [-0.1, -0.05) is 6.42 Å². The fourth-order valence-electron chi connectivity index (χ4n) is 1.84. The summed E-state index contributed by atoms with van der Waals surface area (Å²) >= 11 is 0. The molecule has 4 heteroatoms. The van der Waals surface area contributed by atoms with Crippen LogP contribution in [0.5, 0.6) is 0 Å². The first-order valence-corrected chi connectivity index (χ1v) is 4.91. The lowest BCUT2D eigenvalue weighted by Gasteiger charge is -2.35. The number of nitrogens with zero attached hydrogens (tertiary/aromatic N) is 1. The molecule has 4 nitrogen and oxygen atoms in total. The number of hydrogen-bond acceptors (Lipinski definition) is 4. The van der Waals surface area contributed by atoms with E-state index in [1.165, 1.54) is 0 Å². The van der Waals surface area contributed by atoms with Gasteiger partial charge in [-0.3, -0.25) is 4.90 Å². The number of hydrogen-bond donors (Lipinski definition) is 3. The summed E-state index contributed by atoms with van der Waals surface area (Å²) in [7, 11) is 0. The second-order valence-corrected chi connectivity index (χ2v) is 3.66. The van der Waals surface area contributed by atoms with Crippen LogP contribution < -0.4 is 0 Å². The summed E-state index contributed by atoms with van der Waals surface area (Å²) in [6.07, 6.45) is 2.59. The van der Waals surface area contributed by atoms with Gasteiger partial charge in [0.2, 0.25) is 0 Å². The van der Waals surface area contributed by atoms with E-state index in [1.54, 1.807) is 0 Å². The maximum atomic E-state index is 9.25. The highest BCUT2D eigenvalue weighted by Gasteiger charge is 2.22. The lowest BCUT2D eigenvalue weighted by molar-refractivity contribution is 0.0183. The molecular formula is C9H19NO3. The van der Waals surface area contributed by atoms with Gasteiger partial charge >= 0.3 is 0 Å². The molecule has 3 N–H and O–H groups in total. The highest BCUT2D eigenvalue weighted by atomic mass is 16.3. The van der Waals surface area contributed by atoms with Gasteiger partial charge in [0.25, 0.3) is 0 Å². The molecule has 1 rings (SSSR count). The van der Waals surface area contributed by atoms with Crippen molar-refractivity contribution < 1.29 is 15.3 Å². The lowest BCUT2D eigenvalue weighted by atomic mass is 10.0. The van der Waals surface area contributed by atoms with Gasteiger partial charge in [-0.25, -0.2) is 0 Å². The third-order valence-corrected chi connectivity index (χ3v) is 2.62. The first-order chi connectivity index (χ1) is 6.27. The van der Waals surface area contributed by atoms with Gasteiger partial charge in [-0.15, -0.1) is 0 Å². The zero-order valence-corrected chi connectivity index (χ0v) is 7.89. The van der Waals surface area contributed by atoms with Crippen LogP contribution in [-0.2, 0) is 0 Å². The molecular weight excluding hydrogens is 170 g/mol. The van der Waals surface area contributed by atoms with Crippen molar-refractivity contribution in [3.8, 4) is 0 Å². The fourth-order valence-corrected chi connectivity index (χ4v) is 1.84. The van der Waals surface area contributed by atoms with Gasteiger partial charge in [0, 0.05) is 12.6 Å². The van der Waals surface area contributed by atoms with Crippen LogP contribution in [0.2, 0.25) is 0 Å². The summed E-state index contributed by atoms with van der Waals surface area (Å²) in [6.45, 7) is 1.34. The van der Waals surface area contributed by atoms with Crippen LogP contribution in [0.15, 0.2) is 0 Å². The van der Waals surface area contributed by atoms with E-state index < -0.39 is 6.10 Å². The van der Waals surface area contributed by atoms with Crippen molar-refractivity contribution in [3.63, 3.8) is 0 Å². The van der Waals surface area contributed by atoms with Crippen molar-refractivity contribution in [2.75, 3.05) is 26.3 Å². The Morgan fingerprint density at radius 3 is 2.69 bits per heavy atom. The van der Waals surface area contributed by atoms with Crippen molar-refractivity contribution in [1.82, 2.24) is 4.90 Å². The molecule has 1 saturated heterocycles. The first-order valence-electron chi connectivity index (χ1n) is 4.91. The summed E-state index contributed by atoms with van der Waals surface area (Å²) in [5, 5.41) is 27.0. The molecule has 0 saturated carbocycles. The Kier molecular flexibility index (Phi) is 4.66. The zero-order valence-electron chi connectivity index (χ0n) is 7.89. The molecule has 0 amide bonds. The van der Waals surface area contributed by atoms with Gasteiger partial charge in [0.05, 0.1) is 19.3 Å². The van der Waals surface area contributed by atoms with Gasteiger partial charge in [-0.2, -0.15) is 0 Å². The minimum absolute atomic E-state index is 0.151. The summed E-state index contributed by atoms with van der Waals surface area (Å²) in [6, 6.07) is 0.176. The molecule has 0 aliphatic carbocycles. The Balaban J connectivity index is 2.35. The predicted molar refractivity (Wildman–Crippen MR) is 49.4 cm³/mol. The number of piperidine rings is 1. The average Bonchev–Trinajstić information content (AvgIpc) is 2.18. The summed E-state index contributed by atoms with van der Waals surface area (Å²) in [5.41, 5.74) is 0. The lowest BCUT2D eigenvalue weighted by Crippen LogP contribution is -2.46. The van der Waals surface area contributed by atoms with E-state index >= 15 is 0 Å². The number of β-amino-alcohol motifs (C(OH)–C–C–N with tert-alkyl or cyclic N) is 1. The van der Waals surface area contributed by atoms with E-state index in [9.17, 15) is 5.11 Å². The Morgan fingerprint density at radius 1 is 1.31 bits per heavy atom. The zero-order chi connectivity index (χ0) is 9.68. The van der Waals surface area contributed by atoms with Gasteiger partial charge < -0.3 is 15.3 Å². The van der Waals surface area contributed by atoms with Crippen LogP contribution >= 0.6 is 0 Å². The van der Waals surface area contributed by atoms with Gasteiger partial charge in [0.1, 0.15) is 0 Å². The van der Waals surface area contributed by atoms with E-state index in [0.717, 1.165) is 25.8 Å². The van der Waals surface area contributed by atoms with Crippen LogP contribution in [0.25, 0.3) is 0 Å². The van der Waals surface area contributed by atoms with Crippen molar-refractivity contribution in [1.29, 1.82) is 0 Å². The number of aliphatic hydroxyl groups is 3. The van der Waals surface area contributed by atoms with Crippen molar-refractivity contribution in [2.24, 2.45) is 0 Å². The number of aliphatic hydroxyl groups excluding tert-OH is 3. The molecule has 13 heavy (non-hydrogen) atoms. The Labute approximate surface area is 78.8 Å². The van der Waals surface area contributed by atoms with Crippen LogP contribution in [0.1, 0.15) is 19.3 Å². The number of likely N-dealkylation sites (tertiary alicyclic amines) is 1. The molecule has 1 heterocycles. The van der Waals surface area contributed by atoms with Crippen LogP contribution in [0.3, 0.4) is 0 Å². The first kappa shape index (κ1) is 10.9. The summed E-state index contributed by atoms with van der Waals surface area (Å²) in [5.74, 6) is 0. The van der Waals surface area contributed by atoms with Crippen LogP contribution in [0, 0.1) is 0 Å². The number of rotatable bonds is 4. The smallest absolute Gasteiger partial charge is 0.0897 e. The monoisotopic (exact) mass is 189 g/mol. The molecule has 0 aromatic carbocycles. The van der Waals surface area contributed by atoms with E-state index in [2.05, 4.69) is 4.90 Å². The maximum Gasteiger partial charge on any atom is 0.0897 e. The third kappa shape index (κ3) is 3.23. The summed E-state index contributed by atoms with van der Waals surface area (Å²) in [4.78, 5) is 2.06. The highest BCUT2D eigenvalue weighted by Crippen LogP contribution is 2.16. The van der Waals surface area contributed by atoms with E-state index in [4.69, 9.17) is 10.2 Å². The molecule has 0 bridgehead atoms. The standard InChI is InChI=1S/C9H19NO3/c11-6-8-3-1-2-4-10(8)5-9(13)7-12/h8-9,11-13H,1-7H2/t8-,9-/m1/s1. The van der Waals surface area contributed by atoms with Crippen molar-refractivity contribution in [3.05, 3.63) is 0 Å². The molecule has 78 valence electrons. The van der Waals surface area contributed by atoms with Gasteiger partial charge in [0.15, 0.2) is 0 Å². The van der Waals surface area contributed by atoms with E-state index in [-0.39, 0.29) is 19.3 Å². The summed E-state index contributed by atoms with van der Waals surface area (Å²) < 4.78 is 0. The molecule has 1 aliphatic rings. The van der Waals surface area contributed by atoms with Crippen molar-refractivity contribution in [2.45, 2.75) is 31.4 Å². The van der Waals surface area contributed by atoms with E-state index in [0.29, 0.717) is 6.54 Å². The Morgan fingerprint density at radius 2 is 2.08 bits per heavy atom. The molecule has 0 aromatic rings. The molecule has 1 fully saturated rings. The molecule has 0 radical (unpaired) electrons. The van der Waals surface area contributed by atoms with Crippen LogP contribution in [-0.4, -0.2) is 58.7 Å². The van der Waals surface area contributed by atoms with E-state index in [1.807, 2.05) is 0 Å². The minimum Gasteiger partial charge on any atom is -0.395 e. The molecule has 0 spiro atoms. The quantitative estimate of drug-likeness (QED) is 0.541.